The molecule has 0 fully saturated rings. The van der Waals surface area contributed by atoms with E-state index >= 15 is 0 Å². The van der Waals surface area contributed by atoms with Gasteiger partial charge in [-0.05, 0) is 19.1 Å². The fourth-order valence-corrected chi connectivity index (χ4v) is 1.64. The van der Waals surface area contributed by atoms with Crippen LogP contribution in [0.4, 0.5) is 11.4 Å². The lowest BCUT2D eigenvalue weighted by atomic mass is 10.1. The van der Waals surface area contributed by atoms with E-state index in [9.17, 15) is 4.79 Å². The number of carbonyl (C=O) groups excluding carboxylic acids is 1. The first-order valence-corrected chi connectivity index (χ1v) is 4.45. The van der Waals surface area contributed by atoms with Crippen LogP contribution < -0.4 is 16.0 Å². The maximum atomic E-state index is 11.1. The normalized spacial score (nSPS) is 19.0. The van der Waals surface area contributed by atoms with E-state index in [0.717, 1.165) is 11.4 Å². The summed E-state index contributed by atoms with van der Waals surface area (Å²) in [5.41, 5.74) is 7.46. The first kappa shape index (κ1) is 8.87. The SMILES string of the molecule is CC1Nc2c(C(N)=O)[c]ccc2N1C. The monoisotopic (exact) mass is 190 g/mol. The van der Waals surface area contributed by atoms with E-state index in [0.29, 0.717) is 5.56 Å². The number of hydrogen-bond donors (Lipinski definition) is 2. The molecule has 1 unspecified atom stereocenters. The summed E-state index contributed by atoms with van der Waals surface area (Å²) in [6, 6.07) is 6.48. The number of anilines is 2. The highest BCUT2D eigenvalue weighted by molar-refractivity contribution is 6.02. The van der Waals surface area contributed by atoms with Gasteiger partial charge in [-0.1, -0.05) is 6.07 Å². The minimum atomic E-state index is -0.447. The Kier molecular flexibility index (Phi) is 1.84. The number of nitrogens with zero attached hydrogens (tertiary/aromatic N) is 1. The molecule has 0 aromatic heterocycles. The molecule has 73 valence electrons. The zero-order chi connectivity index (χ0) is 10.3. The van der Waals surface area contributed by atoms with Crippen LogP contribution in [0.1, 0.15) is 17.3 Å². The average molecular weight is 190 g/mol. The molecule has 1 radical (unpaired) electrons. The van der Waals surface area contributed by atoms with E-state index in [1.54, 1.807) is 6.07 Å². The molecule has 2 rings (SSSR count). The van der Waals surface area contributed by atoms with Gasteiger partial charge < -0.3 is 16.0 Å². The lowest BCUT2D eigenvalue weighted by Crippen LogP contribution is -2.28. The molecule has 1 amide bonds. The lowest BCUT2D eigenvalue weighted by Gasteiger charge is -2.16. The van der Waals surface area contributed by atoms with Crippen LogP contribution in [0.3, 0.4) is 0 Å². The molecule has 0 spiro atoms. The van der Waals surface area contributed by atoms with Crippen molar-refractivity contribution >= 4 is 17.3 Å². The van der Waals surface area contributed by atoms with Gasteiger partial charge in [-0.2, -0.15) is 0 Å². The molecule has 0 saturated heterocycles. The Bertz CT molecular complexity index is 389. The number of rotatable bonds is 1. The van der Waals surface area contributed by atoms with Crippen LogP contribution in [0.2, 0.25) is 0 Å². The molecule has 0 aliphatic carbocycles. The van der Waals surface area contributed by atoms with Gasteiger partial charge in [-0.25, -0.2) is 0 Å². The maximum Gasteiger partial charge on any atom is 0.251 e. The molecule has 4 heteroatoms. The van der Waals surface area contributed by atoms with Gasteiger partial charge in [-0.15, -0.1) is 0 Å². The maximum absolute atomic E-state index is 11.1. The topological polar surface area (TPSA) is 58.4 Å². The molecular weight excluding hydrogens is 178 g/mol. The van der Waals surface area contributed by atoms with Gasteiger partial charge in [0.05, 0.1) is 23.1 Å². The van der Waals surface area contributed by atoms with Gasteiger partial charge in [0.2, 0.25) is 0 Å². The average Bonchev–Trinajstić information content (AvgIpc) is 2.43. The minimum absolute atomic E-state index is 0.180. The standard InChI is InChI=1S/C10H12N3O/c1-6-12-9-7(10(11)14)4-3-5-8(9)13(6)2/h3,5-6,12H,1-2H3,(H2,11,14). The van der Waals surface area contributed by atoms with Crippen LogP contribution in [-0.4, -0.2) is 19.1 Å². The van der Waals surface area contributed by atoms with Crippen molar-refractivity contribution in [3.05, 3.63) is 23.8 Å². The summed E-state index contributed by atoms with van der Waals surface area (Å²) in [7, 11) is 1.97. The third kappa shape index (κ3) is 1.11. The van der Waals surface area contributed by atoms with Gasteiger partial charge in [-0.3, -0.25) is 4.79 Å². The first-order valence-electron chi connectivity index (χ1n) is 4.45. The molecule has 1 aliphatic rings. The van der Waals surface area contributed by atoms with Crippen LogP contribution in [0.5, 0.6) is 0 Å². The molecule has 0 bridgehead atoms. The molecule has 1 aromatic rings. The second-order valence-corrected chi connectivity index (χ2v) is 3.41. The Balaban J connectivity index is 2.56. The molecule has 3 N–H and O–H groups in total. The Morgan fingerprint density at radius 2 is 2.43 bits per heavy atom. The Morgan fingerprint density at radius 1 is 1.71 bits per heavy atom. The number of nitrogens with two attached hydrogens (primary N) is 1. The molecule has 1 aliphatic heterocycles. The number of fused-ring (bicyclic) bond motifs is 1. The molecule has 1 aromatic carbocycles. The van der Waals surface area contributed by atoms with E-state index in [-0.39, 0.29) is 6.17 Å². The molecule has 0 saturated carbocycles. The highest BCUT2D eigenvalue weighted by Gasteiger charge is 2.25. The smallest absolute Gasteiger partial charge is 0.251 e. The summed E-state index contributed by atoms with van der Waals surface area (Å²) in [5.74, 6) is -0.447. The molecular formula is C10H12N3O. The van der Waals surface area contributed by atoms with Crippen molar-refractivity contribution in [3.8, 4) is 0 Å². The number of carbonyl (C=O) groups is 1. The van der Waals surface area contributed by atoms with Crippen LogP contribution in [0.15, 0.2) is 12.1 Å². The number of benzene rings is 1. The van der Waals surface area contributed by atoms with E-state index < -0.39 is 5.91 Å². The Morgan fingerprint density at radius 3 is 3.07 bits per heavy atom. The summed E-state index contributed by atoms with van der Waals surface area (Å²) in [4.78, 5) is 13.2. The van der Waals surface area contributed by atoms with E-state index in [1.165, 1.54) is 0 Å². The number of primary amides is 1. The quantitative estimate of drug-likeness (QED) is 0.688. The Hall–Kier alpha value is -1.71. The Labute approximate surface area is 82.7 Å². The van der Waals surface area contributed by atoms with Gasteiger partial charge in [0.25, 0.3) is 5.91 Å². The number of nitrogens with one attached hydrogen (secondary N) is 1. The summed E-state index contributed by atoms with van der Waals surface area (Å²) in [6.45, 7) is 2.02. The predicted molar refractivity (Wildman–Crippen MR) is 55.3 cm³/mol. The van der Waals surface area contributed by atoms with Crippen molar-refractivity contribution in [1.29, 1.82) is 0 Å². The highest BCUT2D eigenvalue weighted by Crippen LogP contribution is 2.35. The van der Waals surface area contributed by atoms with Crippen molar-refractivity contribution in [2.45, 2.75) is 13.1 Å². The van der Waals surface area contributed by atoms with Crippen molar-refractivity contribution in [1.82, 2.24) is 0 Å². The predicted octanol–water partition coefficient (Wildman–Crippen LogP) is 0.793. The molecule has 4 nitrogen and oxygen atoms in total. The van der Waals surface area contributed by atoms with Gasteiger partial charge in [0, 0.05) is 7.05 Å². The number of hydrogen-bond acceptors (Lipinski definition) is 3. The first-order chi connectivity index (χ1) is 6.61. The minimum Gasteiger partial charge on any atom is -0.366 e. The number of amides is 1. The van der Waals surface area contributed by atoms with Crippen LogP contribution in [0.25, 0.3) is 0 Å². The summed E-state index contributed by atoms with van der Waals surface area (Å²) in [5, 5.41) is 3.19. The van der Waals surface area contributed by atoms with E-state index in [2.05, 4.69) is 16.3 Å². The van der Waals surface area contributed by atoms with Crippen molar-refractivity contribution in [2.75, 3.05) is 17.3 Å². The van der Waals surface area contributed by atoms with Crippen molar-refractivity contribution < 1.29 is 4.79 Å². The lowest BCUT2D eigenvalue weighted by molar-refractivity contribution is 0.100. The van der Waals surface area contributed by atoms with Crippen molar-refractivity contribution in [2.24, 2.45) is 5.73 Å². The van der Waals surface area contributed by atoms with Gasteiger partial charge in [0.15, 0.2) is 0 Å². The zero-order valence-corrected chi connectivity index (χ0v) is 8.16. The zero-order valence-electron chi connectivity index (χ0n) is 8.16. The molecule has 1 heterocycles. The summed E-state index contributed by atoms with van der Waals surface area (Å²) < 4.78 is 0. The van der Waals surface area contributed by atoms with Crippen LogP contribution in [0, 0.1) is 6.07 Å². The fraction of sp³-hybridized carbons (Fsp3) is 0.300. The summed E-state index contributed by atoms with van der Waals surface area (Å²) in [6.07, 6.45) is 0.180. The van der Waals surface area contributed by atoms with Gasteiger partial charge in [0.1, 0.15) is 0 Å². The molecule has 14 heavy (non-hydrogen) atoms. The third-order valence-electron chi connectivity index (χ3n) is 2.54. The van der Waals surface area contributed by atoms with Gasteiger partial charge >= 0.3 is 0 Å². The largest absolute Gasteiger partial charge is 0.366 e. The summed E-state index contributed by atoms with van der Waals surface area (Å²) >= 11 is 0. The van der Waals surface area contributed by atoms with Crippen LogP contribution >= 0.6 is 0 Å². The molecule has 1 atom stereocenters. The highest BCUT2D eigenvalue weighted by atomic mass is 16.1. The van der Waals surface area contributed by atoms with E-state index in [1.807, 2.05) is 20.0 Å². The van der Waals surface area contributed by atoms with Crippen molar-refractivity contribution in [3.63, 3.8) is 0 Å². The van der Waals surface area contributed by atoms with E-state index in [4.69, 9.17) is 5.73 Å². The third-order valence-corrected chi connectivity index (χ3v) is 2.54. The second kappa shape index (κ2) is 2.90. The second-order valence-electron chi connectivity index (χ2n) is 3.41. The van der Waals surface area contributed by atoms with Crippen LogP contribution in [-0.2, 0) is 0 Å². The fourth-order valence-electron chi connectivity index (χ4n) is 1.64.